The van der Waals surface area contributed by atoms with Gasteiger partial charge in [0, 0.05) is 12.4 Å². The van der Waals surface area contributed by atoms with Gasteiger partial charge in [-0.15, -0.1) is 0 Å². The van der Waals surface area contributed by atoms with Crippen molar-refractivity contribution in [2.45, 2.75) is 26.3 Å². The van der Waals surface area contributed by atoms with Crippen molar-refractivity contribution in [1.82, 2.24) is 4.98 Å². The van der Waals surface area contributed by atoms with Gasteiger partial charge in [0.2, 0.25) is 0 Å². The summed E-state index contributed by atoms with van der Waals surface area (Å²) in [6.07, 6.45) is 3.95. The first-order valence-corrected chi connectivity index (χ1v) is 4.96. The number of aryl methyl sites for hydroxylation is 1. The maximum atomic E-state index is 11.3. The summed E-state index contributed by atoms with van der Waals surface area (Å²) in [6, 6.07) is 1.28. The summed E-state index contributed by atoms with van der Waals surface area (Å²) in [5.41, 5.74) is 7.78. The van der Waals surface area contributed by atoms with E-state index in [9.17, 15) is 4.79 Å². The number of carbonyl (C=O) groups excluding carboxylic acids is 1. The van der Waals surface area contributed by atoms with Crippen molar-refractivity contribution in [2.24, 2.45) is 5.73 Å². The molecule has 1 rings (SSSR count). The van der Waals surface area contributed by atoms with Gasteiger partial charge in [0.1, 0.15) is 6.04 Å². The molecule has 1 atom stereocenters. The number of nitrogens with zero attached hydrogens (tertiary/aromatic N) is 1. The van der Waals surface area contributed by atoms with E-state index < -0.39 is 6.04 Å². The Morgan fingerprint density at radius 1 is 1.67 bits per heavy atom. The Morgan fingerprint density at radius 2 is 2.40 bits per heavy atom. The van der Waals surface area contributed by atoms with Crippen molar-refractivity contribution in [2.75, 3.05) is 6.61 Å². The van der Waals surface area contributed by atoms with Gasteiger partial charge in [-0.1, -0.05) is 0 Å². The van der Waals surface area contributed by atoms with E-state index in [1.165, 1.54) is 0 Å². The Labute approximate surface area is 89.5 Å². The molecule has 0 amide bonds. The number of carbonyl (C=O) groups is 1. The van der Waals surface area contributed by atoms with Crippen LogP contribution in [0.3, 0.4) is 0 Å². The summed E-state index contributed by atoms with van der Waals surface area (Å²) < 4.78 is 4.84. The van der Waals surface area contributed by atoms with E-state index in [-0.39, 0.29) is 5.97 Å². The average Bonchev–Trinajstić information content (AvgIpc) is 2.21. The van der Waals surface area contributed by atoms with E-state index in [0.29, 0.717) is 13.0 Å². The zero-order chi connectivity index (χ0) is 11.3. The first-order valence-electron chi connectivity index (χ1n) is 4.96. The molecule has 0 fully saturated rings. The number of esters is 1. The molecule has 0 unspecified atom stereocenters. The Kier molecular flexibility index (Phi) is 4.24. The fourth-order valence-corrected chi connectivity index (χ4v) is 1.30. The van der Waals surface area contributed by atoms with Crippen LogP contribution in [0.2, 0.25) is 0 Å². The molecular weight excluding hydrogens is 192 g/mol. The van der Waals surface area contributed by atoms with E-state index in [4.69, 9.17) is 10.5 Å². The Bertz CT molecular complexity index is 339. The molecule has 4 nitrogen and oxygen atoms in total. The monoisotopic (exact) mass is 208 g/mol. The molecule has 2 N–H and O–H groups in total. The largest absolute Gasteiger partial charge is 0.465 e. The highest BCUT2D eigenvalue weighted by molar-refractivity contribution is 5.75. The van der Waals surface area contributed by atoms with Crippen molar-refractivity contribution in [1.29, 1.82) is 0 Å². The quantitative estimate of drug-likeness (QED) is 0.744. The van der Waals surface area contributed by atoms with Gasteiger partial charge in [0.05, 0.1) is 6.61 Å². The fraction of sp³-hybridized carbons (Fsp3) is 0.455. The van der Waals surface area contributed by atoms with Gasteiger partial charge in [0.25, 0.3) is 0 Å². The summed E-state index contributed by atoms with van der Waals surface area (Å²) in [6.45, 7) is 4.07. The van der Waals surface area contributed by atoms with Crippen LogP contribution >= 0.6 is 0 Å². The smallest absolute Gasteiger partial charge is 0.323 e. The van der Waals surface area contributed by atoms with Crippen LogP contribution in [0.1, 0.15) is 18.1 Å². The number of aromatic nitrogens is 1. The van der Waals surface area contributed by atoms with Gasteiger partial charge < -0.3 is 10.5 Å². The molecule has 0 aliphatic carbocycles. The molecule has 0 radical (unpaired) electrons. The van der Waals surface area contributed by atoms with Crippen molar-refractivity contribution in [3.05, 3.63) is 29.6 Å². The molecule has 0 saturated carbocycles. The van der Waals surface area contributed by atoms with Crippen LogP contribution < -0.4 is 5.73 Å². The lowest BCUT2D eigenvalue weighted by molar-refractivity contribution is -0.144. The molecule has 0 saturated heterocycles. The topological polar surface area (TPSA) is 65.2 Å². The summed E-state index contributed by atoms with van der Waals surface area (Å²) in [4.78, 5) is 15.3. The minimum Gasteiger partial charge on any atom is -0.465 e. The van der Waals surface area contributed by atoms with Gasteiger partial charge in [-0.25, -0.2) is 0 Å². The Balaban J connectivity index is 2.62. The molecule has 0 bridgehead atoms. The SMILES string of the molecule is CCOC(=O)[C@@H](N)Cc1ccncc1C. The Hall–Kier alpha value is -1.42. The van der Waals surface area contributed by atoms with Crippen molar-refractivity contribution in [3.63, 3.8) is 0 Å². The zero-order valence-electron chi connectivity index (χ0n) is 9.06. The summed E-state index contributed by atoms with van der Waals surface area (Å²) in [5.74, 6) is -0.353. The minimum atomic E-state index is -0.592. The maximum absolute atomic E-state index is 11.3. The van der Waals surface area contributed by atoms with Gasteiger partial charge in [-0.05, 0) is 37.5 Å². The van der Waals surface area contributed by atoms with Gasteiger partial charge >= 0.3 is 5.97 Å². The van der Waals surface area contributed by atoms with Crippen LogP contribution in [-0.2, 0) is 16.0 Å². The average molecular weight is 208 g/mol. The molecule has 4 heteroatoms. The molecule has 82 valence electrons. The third kappa shape index (κ3) is 3.32. The third-order valence-electron chi connectivity index (χ3n) is 2.17. The second-order valence-corrected chi connectivity index (χ2v) is 3.36. The highest BCUT2D eigenvalue weighted by atomic mass is 16.5. The van der Waals surface area contributed by atoms with E-state index in [1.807, 2.05) is 13.0 Å². The summed E-state index contributed by atoms with van der Waals surface area (Å²) >= 11 is 0. The molecular formula is C11H16N2O2. The van der Waals surface area contributed by atoms with E-state index in [2.05, 4.69) is 4.98 Å². The van der Waals surface area contributed by atoms with E-state index in [1.54, 1.807) is 19.3 Å². The lowest BCUT2D eigenvalue weighted by Crippen LogP contribution is -2.34. The number of ether oxygens (including phenoxy) is 1. The van der Waals surface area contributed by atoms with Crippen LogP contribution in [0.15, 0.2) is 18.5 Å². The summed E-state index contributed by atoms with van der Waals surface area (Å²) in [5, 5.41) is 0. The lowest BCUT2D eigenvalue weighted by atomic mass is 10.0. The second-order valence-electron chi connectivity index (χ2n) is 3.36. The van der Waals surface area contributed by atoms with Crippen molar-refractivity contribution in [3.8, 4) is 0 Å². The molecule has 0 aliphatic rings. The number of rotatable bonds is 4. The molecule has 1 aromatic rings. The molecule has 0 aliphatic heterocycles. The van der Waals surface area contributed by atoms with Crippen LogP contribution in [0, 0.1) is 6.92 Å². The molecule has 1 aromatic heterocycles. The van der Waals surface area contributed by atoms with Crippen LogP contribution in [0.5, 0.6) is 0 Å². The van der Waals surface area contributed by atoms with Gasteiger partial charge in [-0.2, -0.15) is 0 Å². The van der Waals surface area contributed by atoms with E-state index in [0.717, 1.165) is 11.1 Å². The van der Waals surface area contributed by atoms with E-state index >= 15 is 0 Å². The highest BCUT2D eigenvalue weighted by Crippen LogP contribution is 2.07. The van der Waals surface area contributed by atoms with Crippen molar-refractivity contribution < 1.29 is 9.53 Å². The molecule has 1 heterocycles. The number of hydrogen-bond donors (Lipinski definition) is 1. The highest BCUT2D eigenvalue weighted by Gasteiger charge is 2.15. The number of pyridine rings is 1. The molecule has 0 aromatic carbocycles. The first-order chi connectivity index (χ1) is 7.15. The Morgan fingerprint density at radius 3 is 3.00 bits per heavy atom. The van der Waals surface area contributed by atoms with Crippen LogP contribution in [-0.4, -0.2) is 23.6 Å². The second kappa shape index (κ2) is 5.46. The van der Waals surface area contributed by atoms with Crippen LogP contribution in [0.25, 0.3) is 0 Å². The number of nitrogens with two attached hydrogens (primary N) is 1. The fourth-order valence-electron chi connectivity index (χ4n) is 1.30. The van der Waals surface area contributed by atoms with Crippen molar-refractivity contribution >= 4 is 5.97 Å². The summed E-state index contributed by atoms with van der Waals surface area (Å²) in [7, 11) is 0. The minimum absolute atomic E-state index is 0.353. The third-order valence-corrected chi connectivity index (χ3v) is 2.17. The first kappa shape index (κ1) is 11.7. The predicted octanol–water partition coefficient (Wildman–Crippen LogP) is 0.823. The number of hydrogen-bond acceptors (Lipinski definition) is 4. The zero-order valence-corrected chi connectivity index (χ0v) is 9.06. The normalized spacial score (nSPS) is 12.2. The maximum Gasteiger partial charge on any atom is 0.323 e. The van der Waals surface area contributed by atoms with Crippen LogP contribution in [0.4, 0.5) is 0 Å². The predicted molar refractivity (Wildman–Crippen MR) is 57.3 cm³/mol. The molecule has 0 spiro atoms. The molecule has 15 heavy (non-hydrogen) atoms. The lowest BCUT2D eigenvalue weighted by Gasteiger charge is -2.11. The van der Waals surface area contributed by atoms with Gasteiger partial charge in [0.15, 0.2) is 0 Å². The standard InChI is InChI=1S/C11H16N2O2/c1-3-15-11(14)10(12)6-9-4-5-13-7-8(9)2/h4-5,7,10H,3,6,12H2,1-2H3/t10-/m0/s1. The van der Waals surface area contributed by atoms with Gasteiger partial charge in [-0.3, -0.25) is 9.78 Å².